The van der Waals surface area contributed by atoms with Crippen LogP contribution in [-0.2, 0) is 6.54 Å². The molecule has 2 N–H and O–H groups in total. The van der Waals surface area contributed by atoms with Gasteiger partial charge >= 0.3 is 5.69 Å². The van der Waals surface area contributed by atoms with Crippen LogP contribution in [0.15, 0.2) is 53.8 Å². The average Bonchev–Trinajstić information content (AvgIpc) is 3.45. The third kappa shape index (κ3) is 4.74. The summed E-state index contributed by atoms with van der Waals surface area (Å²) in [6.45, 7) is 2.47. The number of aryl methyl sites for hydroxylation is 1. The van der Waals surface area contributed by atoms with Crippen molar-refractivity contribution in [2.45, 2.75) is 51.6 Å². The Morgan fingerprint density at radius 3 is 2.75 bits per heavy atom. The van der Waals surface area contributed by atoms with Gasteiger partial charge in [-0.15, -0.1) is 0 Å². The SMILES string of the molecule is Cc1c[nH]c2ncc(-n3c(=O)n(C[C@H]4CC[C@H](NC(=O)c5cc(Cl)cnc5C(F)F)CC4)c4ncccc43)cc12. The lowest BCUT2D eigenvalue weighted by Gasteiger charge is -2.29. The van der Waals surface area contributed by atoms with Crippen LogP contribution in [0.1, 0.15) is 53.7 Å². The number of fused-ring (bicyclic) bond motifs is 2. The Kier molecular flexibility index (Phi) is 6.83. The van der Waals surface area contributed by atoms with Gasteiger partial charge in [-0.3, -0.25) is 18.9 Å². The number of imidazole rings is 1. The van der Waals surface area contributed by atoms with E-state index in [1.807, 2.05) is 25.3 Å². The largest absolute Gasteiger partial charge is 0.349 e. The lowest BCUT2D eigenvalue weighted by Crippen LogP contribution is -2.39. The molecule has 0 bridgehead atoms. The molecule has 5 aromatic rings. The Balaban J connectivity index is 1.20. The highest BCUT2D eigenvalue weighted by atomic mass is 35.5. The molecule has 1 aliphatic carbocycles. The minimum Gasteiger partial charge on any atom is -0.349 e. The summed E-state index contributed by atoms with van der Waals surface area (Å²) < 4.78 is 30.1. The lowest BCUT2D eigenvalue weighted by atomic mass is 9.86. The van der Waals surface area contributed by atoms with Gasteiger partial charge in [0.2, 0.25) is 0 Å². The molecule has 1 aliphatic rings. The van der Waals surface area contributed by atoms with Gasteiger partial charge in [0.1, 0.15) is 11.3 Å². The standard InChI is InChI=1S/C28H26ClF2N7O2/c1-15-11-34-25-20(15)10-19(13-35-25)38-22-3-2-8-32-26(22)37(28(38)40)14-16-4-6-18(7-5-16)36-27(39)21-9-17(29)12-33-23(21)24(30)31/h2-3,8-13,16,18,24H,4-7,14H2,1H3,(H,34,35)(H,36,39)/t16-,18-. The minimum absolute atomic E-state index is 0.121. The van der Waals surface area contributed by atoms with Crippen molar-refractivity contribution in [2.24, 2.45) is 5.92 Å². The number of H-pyrrole nitrogens is 1. The number of carbonyl (C=O) groups is 1. The molecule has 0 aromatic carbocycles. The first kappa shape index (κ1) is 26.1. The molecule has 0 radical (unpaired) electrons. The summed E-state index contributed by atoms with van der Waals surface area (Å²) in [5.41, 5.74) is 2.79. The van der Waals surface area contributed by atoms with Gasteiger partial charge in [0.15, 0.2) is 5.65 Å². The van der Waals surface area contributed by atoms with Gasteiger partial charge in [-0.25, -0.2) is 23.5 Å². The zero-order valence-corrected chi connectivity index (χ0v) is 22.3. The smallest absolute Gasteiger partial charge is 0.335 e. The van der Waals surface area contributed by atoms with E-state index in [2.05, 4.69) is 25.3 Å². The fraction of sp³-hybridized carbons (Fsp3) is 0.321. The number of hydrogen-bond donors (Lipinski definition) is 2. The summed E-state index contributed by atoms with van der Waals surface area (Å²) in [6, 6.07) is 6.68. The molecule has 1 amide bonds. The molecule has 5 heterocycles. The van der Waals surface area contributed by atoms with Crippen molar-refractivity contribution in [1.29, 1.82) is 0 Å². The number of alkyl halides is 2. The van der Waals surface area contributed by atoms with Gasteiger partial charge in [0.25, 0.3) is 12.3 Å². The first-order chi connectivity index (χ1) is 19.3. The van der Waals surface area contributed by atoms with E-state index in [9.17, 15) is 18.4 Å². The van der Waals surface area contributed by atoms with E-state index in [0.29, 0.717) is 36.2 Å². The number of carbonyl (C=O) groups excluding carboxylic acids is 1. The number of aromatic nitrogens is 6. The van der Waals surface area contributed by atoms with Crippen LogP contribution in [0.4, 0.5) is 8.78 Å². The van der Waals surface area contributed by atoms with E-state index in [4.69, 9.17) is 11.6 Å². The monoisotopic (exact) mass is 565 g/mol. The van der Waals surface area contributed by atoms with Crippen molar-refractivity contribution >= 4 is 39.7 Å². The predicted molar refractivity (Wildman–Crippen MR) is 147 cm³/mol. The summed E-state index contributed by atoms with van der Waals surface area (Å²) in [4.78, 5) is 42.3. The highest BCUT2D eigenvalue weighted by Gasteiger charge is 2.27. The Morgan fingerprint density at radius 2 is 1.98 bits per heavy atom. The molecular weight excluding hydrogens is 540 g/mol. The first-order valence-corrected chi connectivity index (χ1v) is 13.4. The number of rotatable bonds is 6. The molecule has 1 fully saturated rings. The van der Waals surface area contributed by atoms with Gasteiger partial charge in [0.05, 0.1) is 28.0 Å². The number of pyridine rings is 3. The minimum atomic E-state index is -2.88. The lowest BCUT2D eigenvalue weighted by molar-refractivity contribution is 0.0904. The maximum absolute atomic E-state index is 13.7. The third-order valence-electron chi connectivity index (χ3n) is 7.63. The summed E-state index contributed by atoms with van der Waals surface area (Å²) in [6.07, 6.45) is 6.28. The van der Waals surface area contributed by atoms with Crippen LogP contribution in [0.3, 0.4) is 0 Å². The second-order valence-electron chi connectivity index (χ2n) is 10.2. The molecule has 6 rings (SSSR count). The normalized spacial score (nSPS) is 17.6. The van der Waals surface area contributed by atoms with Gasteiger partial charge in [-0.05, 0) is 68.4 Å². The van der Waals surface area contributed by atoms with Crippen LogP contribution >= 0.6 is 11.6 Å². The van der Waals surface area contributed by atoms with Crippen molar-refractivity contribution in [2.75, 3.05) is 0 Å². The van der Waals surface area contributed by atoms with Gasteiger partial charge in [-0.2, -0.15) is 0 Å². The molecule has 40 heavy (non-hydrogen) atoms. The zero-order valence-electron chi connectivity index (χ0n) is 21.6. The van der Waals surface area contributed by atoms with Crippen LogP contribution in [0.25, 0.3) is 27.9 Å². The fourth-order valence-electron chi connectivity index (χ4n) is 5.56. The molecule has 0 spiro atoms. The number of nitrogens with zero attached hydrogens (tertiary/aromatic N) is 5. The van der Waals surface area contributed by atoms with Crippen LogP contribution in [0.2, 0.25) is 5.02 Å². The van der Waals surface area contributed by atoms with Crippen molar-refractivity contribution in [1.82, 2.24) is 34.4 Å². The van der Waals surface area contributed by atoms with Crippen molar-refractivity contribution in [3.63, 3.8) is 0 Å². The van der Waals surface area contributed by atoms with Crippen molar-refractivity contribution < 1.29 is 13.6 Å². The molecule has 5 aromatic heterocycles. The third-order valence-corrected chi connectivity index (χ3v) is 7.83. The van der Waals surface area contributed by atoms with Gasteiger partial charge in [0, 0.05) is 36.6 Å². The molecule has 12 heteroatoms. The Hall–Kier alpha value is -4.12. The maximum atomic E-state index is 13.7. The van der Waals surface area contributed by atoms with E-state index in [1.165, 1.54) is 6.07 Å². The van der Waals surface area contributed by atoms with Crippen LogP contribution in [0, 0.1) is 12.8 Å². The summed E-state index contributed by atoms with van der Waals surface area (Å²) in [5, 5.41) is 3.93. The molecule has 0 unspecified atom stereocenters. The Morgan fingerprint density at radius 1 is 1.18 bits per heavy atom. The molecular formula is C28H26ClF2N7O2. The Labute approximate surface area is 232 Å². The number of aromatic amines is 1. The van der Waals surface area contributed by atoms with E-state index in [-0.39, 0.29) is 28.2 Å². The molecule has 0 aliphatic heterocycles. The zero-order chi connectivity index (χ0) is 28.0. The van der Waals surface area contributed by atoms with E-state index in [1.54, 1.807) is 27.6 Å². The second kappa shape index (κ2) is 10.5. The molecule has 206 valence electrons. The van der Waals surface area contributed by atoms with Crippen LogP contribution in [0.5, 0.6) is 0 Å². The van der Waals surface area contributed by atoms with Crippen LogP contribution < -0.4 is 11.0 Å². The van der Waals surface area contributed by atoms with Crippen LogP contribution in [-0.4, -0.2) is 41.0 Å². The highest BCUT2D eigenvalue weighted by molar-refractivity contribution is 6.30. The van der Waals surface area contributed by atoms with E-state index >= 15 is 0 Å². The molecule has 1 saturated carbocycles. The summed E-state index contributed by atoms with van der Waals surface area (Å²) in [7, 11) is 0. The summed E-state index contributed by atoms with van der Waals surface area (Å²) in [5.74, 6) is -0.427. The van der Waals surface area contributed by atoms with E-state index < -0.39 is 18.0 Å². The van der Waals surface area contributed by atoms with Crippen molar-refractivity contribution in [3.8, 4) is 5.69 Å². The molecule has 0 saturated heterocycles. The van der Waals surface area contributed by atoms with Gasteiger partial charge < -0.3 is 10.3 Å². The highest BCUT2D eigenvalue weighted by Crippen LogP contribution is 2.29. The van der Waals surface area contributed by atoms with E-state index in [0.717, 1.165) is 35.6 Å². The molecule has 0 atom stereocenters. The first-order valence-electron chi connectivity index (χ1n) is 13.0. The summed E-state index contributed by atoms with van der Waals surface area (Å²) >= 11 is 5.90. The number of nitrogens with one attached hydrogen (secondary N) is 2. The quantitative estimate of drug-likeness (QED) is 0.288. The van der Waals surface area contributed by atoms with Gasteiger partial charge in [-0.1, -0.05) is 11.6 Å². The maximum Gasteiger partial charge on any atom is 0.335 e. The number of amides is 1. The number of halogens is 3. The fourth-order valence-corrected chi connectivity index (χ4v) is 5.72. The van der Waals surface area contributed by atoms with Crippen molar-refractivity contribution in [3.05, 3.63) is 81.4 Å². The average molecular weight is 566 g/mol. The predicted octanol–water partition coefficient (Wildman–Crippen LogP) is 5.35. The molecule has 9 nitrogen and oxygen atoms in total. The topological polar surface area (TPSA) is 110 Å². The Bertz CT molecular complexity index is 1790. The second-order valence-corrected chi connectivity index (χ2v) is 10.7. The number of hydrogen-bond acceptors (Lipinski definition) is 5.